The highest BCUT2D eigenvalue weighted by Gasteiger charge is 2.30. The van der Waals surface area contributed by atoms with E-state index < -0.39 is 0 Å². The first-order chi connectivity index (χ1) is 10.3. The molecule has 4 heteroatoms. The van der Waals surface area contributed by atoms with Gasteiger partial charge in [0.05, 0.1) is 0 Å². The maximum absolute atomic E-state index is 12.1. The fourth-order valence-corrected chi connectivity index (χ4v) is 3.22. The number of rotatable bonds is 2. The van der Waals surface area contributed by atoms with E-state index in [1.165, 1.54) is 0 Å². The summed E-state index contributed by atoms with van der Waals surface area (Å²) >= 11 is 5.89. The maximum atomic E-state index is 12.1. The fourth-order valence-electron chi connectivity index (χ4n) is 3.02. The van der Waals surface area contributed by atoms with E-state index in [-0.39, 0.29) is 11.8 Å². The quantitative estimate of drug-likeness (QED) is 0.665. The van der Waals surface area contributed by atoms with Gasteiger partial charge in [0.1, 0.15) is 11.2 Å². The van der Waals surface area contributed by atoms with Crippen molar-refractivity contribution in [3.63, 3.8) is 0 Å². The molecule has 0 aliphatic carbocycles. The zero-order chi connectivity index (χ0) is 14.4. The van der Waals surface area contributed by atoms with Crippen molar-refractivity contribution in [1.82, 2.24) is 0 Å². The third-order valence-electron chi connectivity index (χ3n) is 4.10. The molecule has 1 unspecified atom stereocenters. The number of carbonyl (C=O) groups is 1. The van der Waals surface area contributed by atoms with Crippen LogP contribution in [0.5, 0.6) is 0 Å². The normalized spacial score (nSPS) is 19.0. The Kier molecular flexibility index (Phi) is 2.89. The lowest BCUT2D eigenvalue weighted by molar-refractivity contribution is -0.117. The molecular weight excluding hydrogens is 286 g/mol. The summed E-state index contributed by atoms with van der Waals surface area (Å²) in [6.45, 7) is 0.698. The van der Waals surface area contributed by atoms with Gasteiger partial charge in [0.2, 0.25) is 5.91 Å². The molecule has 1 aromatic heterocycles. The maximum Gasteiger partial charge on any atom is 0.227 e. The first-order valence-electron chi connectivity index (χ1n) is 7.04. The van der Waals surface area contributed by atoms with E-state index in [0.29, 0.717) is 18.8 Å². The van der Waals surface area contributed by atoms with E-state index in [1.54, 1.807) is 0 Å². The highest BCUT2D eigenvalue weighted by Crippen LogP contribution is 2.33. The molecule has 0 radical (unpaired) electrons. The van der Waals surface area contributed by atoms with Crippen LogP contribution in [0.15, 0.2) is 46.9 Å². The summed E-state index contributed by atoms with van der Waals surface area (Å²) in [6.07, 6.45) is 0.535. The molecule has 2 heterocycles. The van der Waals surface area contributed by atoms with Crippen LogP contribution >= 0.6 is 11.6 Å². The molecule has 1 fully saturated rings. The predicted octanol–water partition coefficient (Wildman–Crippen LogP) is 4.18. The zero-order valence-corrected chi connectivity index (χ0v) is 12.1. The molecular formula is C17H14ClNO2. The van der Waals surface area contributed by atoms with E-state index >= 15 is 0 Å². The molecule has 1 atom stereocenters. The fraction of sp³-hybridized carbons (Fsp3) is 0.235. The Morgan fingerprint density at radius 3 is 2.76 bits per heavy atom. The van der Waals surface area contributed by atoms with E-state index in [2.05, 4.69) is 0 Å². The number of halogens is 1. The molecule has 3 aromatic rings. The molecule has 0 N–H and O–H groups in total. The summed E-state index contributed by atoms with van der Waals surface area (Å²) in [5.74, 6) is 0.919. The minimum absolute atomic E-state index is 0.146. The molecule has 0 spiro atoms. The van der Waals surface area contributed by atoms with Gasteiger partial charge >= 0.3 is 0 Å². The van der Waals surface area contributed by atoms with Crippen LogP contribution in [-0.2, 0) is 4.79 Å². The van der Waals surface area contributed by atoms with Gasteiger partial charge in [-0.05, 0) is 30.2 Å². The van der Waals surface area contributed by atoms with Crippen molar-refractivity contribution in [3.05, 3.63) is 42.5 Å². The Balaban J connectivity index is 1.83. The smallest absolute Gasteiger partial charge is 0.227 e. The number of hydrogen-bond acceptors (Lipinski definition) is 2. The molecule has 2 aromatic carbocycles. The van der Waals surface area contributed by atoms with Crippen LogP contribution in [0.2, 0.25) is 0 Å². The Morgan fingerprint density at radius 1 is 1.14 bits per heavy atom. The molecule has 4 rings (SSSR count). The van der Waals surface area contributed by atoms with E-state index in [0.717, 1.165) is 27.6 Å². The Labute approximate surface area is 127 Å². The minimum atomic E-state index is 0.146. The standard InChI is InChI=1S/C17H14ClNO2/c18-9-11-7-17(20)19(10-11)12-5-6-16-14(8-12)13-3-1-2-4-15(13)21-16/h1-6,8,11H,7,9-10H2. The van der Waals surface area contributed by atoms with Crippen LogP contribution in [0.1, 0.15) is 6.42 Å². The molecule has 1 aliphatic rings. The lowest BCUT2D eigenvalue weighted by Crippen LogP contribution is -2.24. The highest BCUT2D eigenvalue weighted by atomic mass is 35.5. The number of anilines is 1. The number of amides is 1. The van der Waals surface area contributed by atoms with Crippen LogP contribution in [-0.4, -0.2) is 18.3 Å². The number of para-hydroxylation sites is 1. The van der Waals surface area contributed by atoms with Gasteiger partial charge in [0, 0.05) is 35.3 Å². The molecule has 1 amide bonds. The SMILES string of the molecule is O=C1CC(CCl)CN1c1ccc2oc3ccccc3c2c1. The third-order valence-corrected chi connectivity index (χ3v) is 4.53. The molecule has 3 nitrogen and oxygen atoms in total. The largest absolute Gasteiger partial charge is 0.456 e. The number of fused-ring (bicyclic) bond motifs is 3. The molecule has 1 saturated heterocycles. The van der Waals surface area contributed by atoms with Crippen molar-refractivity contribution in [2.75, 3.05) is 17.3 Å². The van der Waals surface area contributed by atoms with Gasteiger partial charge in [-0.15, -0.1) is 11.6 Å². The van der Waals surface area contributed by atoms with E-state index in [9.17, 15) is 4.79 Å². The summed E-state index contributed by atoms with van der Waals surface area (Å²) < 4.78 is 5.81. The van der Waals surface area contributed by atoms with Crippen molar-refractivity contribution in [2.24, 2.45) is 5.92 Å². The Hall–Kier alpha value is -2.00. The average Bonchev–Trinajstić information content (AvgIpc) is 3.07. The number of hydrogen-bond donors (Lipinski definition) is 0. The lowest BCUT2D eigenvalue weighted by Gasteiger charge is -2.16. The summed E-state index contributed by atoms with van der Waals surface area (Å²) in [5.41, 5.74) is 2.64. The van der Waals surface area contributed by atoms with Gasteiger partial charge in [-0.25, -0.2) is 0 Å². The van der Waals surface area contributed by atoms with Gasteiger partial charge in [-0.1, -0.05) is 18.2 Å². The first-order valence-corrected chi connectivity index (χ1v) is 7.57. The summed E-state index contributed by atoms with van der Waals surface area (Å²) in [7, 11) is 0. The molecule has 0 bridgehead atoms. The lowest BCUT2D eigenvalue weighted by atomic mass is 10.1. The van der Waals surface area contributed by atoms with Gasteiger partial charge < -0.3 is 9.32 Å². The van der Waals surface area contributed by atoms with Crippen LogP contribution < -0.4 is 4.90 Å². The number of benzene rings is 2. The van der Waals surface area contributed by atoms with Crippen molar-refractivity contribution in [3.8, 4) is 0 Å². The summed E-state index contributed by atoms with van der Waals surface area (Å²) in [4.78, 5) is 14.0. The second-order valence-corrected chi connectivity index (χ2v) is 5.82. The number of nitrogens with zero attached hydrogens (tertiary/aromatic N) is 1. The van der Waals surface area contributed by atoms with Crippen LogP contribution in [0, 0.1) is 5.92 Å². The Morgan fingerprint density at radius 2 is 1.95 bits per heavy atom. The van der Waals surface area contributed by atoms with Gasteiger partial charge in [-0.3, -0.25) is 4.79 Å². The molecule has 106 valence electrons. The Bertz CT molecular complexity index is 839. The van der Waals surface area contributed by atoms with Gasteiger partial charge in [-0.2, -0.15) is 0 Å². The van der Waals surface area contributed by atoms with Crippen molar-refractivity contribution in [1.29, 1.82) is 0 Å². The molecule has 21 heavy (non-hydrogen) atoms. The number of carbonyl (C=O) groups excluding carboxylic acids is 1. The second-order valence-electron chi connectivity index (χ2n) is 5.51. The number of furan rings is 1. The molecule has 1 aliphatic heterocycles. The van der Waals surface area contributed by atoms with Crippen molar-refractivity contribution in [2.45, 2.75) is 6.42 Å². The third kappa shape index (κ3) is 2.00. The first kappa shape index (κ1) is 12.7. The predicted molar refractivity (Wildman–Crippen MR) is 84.9 cm³/mol. The summed E-state index contributed by atoms with van der Waals surface area (Å²) in [6, 6.07) is 13.9. The second kappa shape index (κ2) is 4.78. The van der Waals surface area contributed by atoms with Gasteiger partial charge in [0.25, 0.3) is 0 Å². The van der Waals surface area contributed by atoms with Crippen LogP contribution in [0.4, 0.5) is 5.69 Å². The minimum Gasteiger partial charge on any atom is -0.456 e. The monoisotopic (exact) mass is 299 g/mol. The van der Waals surface area contributed by atoms with Crippen LogP contribution in [0.3, 0.4) is 0 Å². The number of alkyl halides is 1. The summed E-state index contributed by atoms with van der Waals surface area (Å²) in [5, 5.41) is 2.13. The van der Waals surface area contributed by atoms with Crippen molar-refractivity contribution >= 4 is 45.1 Å². The average molecular weight is 300 g/mol. The topological polar surface area (TPSA) is 33.5 Å². The zero-order valence-electron chi connectivity index (χ0n) is 11.4. The van der Waals surface area contributed by atoms with Crippen LogP contribution in [0.25, 0.3) is 21.9 Å². The highest BCUT2D eigenvalue weighted by molar-refractivity contribution is 6.18. The van der Waals surface area contributed by atoms with E-state index in [1.807, 2.05) is 47.4 Å². The van der Waals surface area contributed by atoms with Gasteiger partial charge in [0.15, 0.2) is 0 Å². The van der Waals surface area contributed by atoms with Crippen molar-refractivity contribution < 1.29 is 9.21 Å². The molecule has 0 saturated carbocycles. The van der Waals surface area contributed by atoms with E-state index in [4.69, 9.17) is 16.0 Å².